The maximum absolute atomic E-state index is 12.2. The van der Waals surface area contributed by atoms with E-state index in [1.54, 1.807) is 36.4 Å². The second-order valence-electron chi connectivity index (χ2n) is 6.90. The van der Waals surface area contributed by atoms with E-state index >= 15 is 0 Å². The standard InChI is InChI=1S/C20H24ClN3O3S/c21-17-9-5-15(6-10-17)13-22-20(25)24-18-11-7-16(8-12-18)14-23-28(26,27)19-3-1-2-4-19/h5-12,19,23H,1-4,13-14H2,(H2,22,24,25). The topological polar surface area (TPSA) is 87.3 Å². The van der Waals surface area contributed by atoms with Crippen molar-refractivity contribution < 1.29 is 13.2 Å². The first kappa shape index (κ1) is 20.6. The second-order valence-corrected chi connectivity index (χ2v) is 9.39. The molecule has 3 rings (SSSR count). The number of amides is 2. The molecule has 0 aliphatic heterocycles. The van der Waals surface area contributed by atoms with Gasteiger partial charge in [0.25, 0.3) is 0 Å². The fourth-order valence-electron chi connectivity index (χ4n) is 3.17. The van der Waals surface area contributed by atoms with Crippen molar-refractivity contribution >= 4 is 33.3 Å². The average Bonchev–Trinajstić information content (AvgIpc) is 3.23. The Morgan fingerprint density at radius 1 is 0.929 bits per heavy atom. The molecule has 28 heavy (non-hydrogen) atoms. The highest BCUT2D eigenvalue weighted by Gasteiger charge is 2.28. The Hall–Kier alpha value is -2.09. The summed E-state index contributed by atoms with van der Waals surface area (Å²) in [5.74, 6) is 0. The average molecular weight is 422 g/mol. The van der Waals surface area contributed by atoms with Gasteiger partial charge in [0.1, 0.15) is 0 Å². The highest BCUT2D eigenvalue weighted by atomic mass is 35.5. The monoisotopic (exact) mass is 421 g/mol. The quantitative estimate of drug-likeness (QED) is 0.630. The minimum atomic E-state index is -3.26. The molecule has 3 N–H and O–H groups in total. The van der Waals surface area contributed by atoms with Crippen LogP contribution in [0.4, 0.5) is 10.5 Å². The number of hydrogen-bond donors (Lipinski definition) is 3. The van der Waals surface area contributed by atoms with Crippen LogP contribution in [0.5, 0.6) is 0 Å². The number of urea groups is 1. The number of hydrogen-bond acceptors (Lipinski definition) is 3. The number of carbonyl (C=O) groups is 1. The van der Waals surface area contributed by atoms with Crippen molar-refractivity contribution in [1.82, 2.24) is 10.0 Å². The summed E-state index contributed by atoms with van der Waals surface area (Å²) in [4.78, 5) is 12.0. The molecule has 1 aliphatic carbocycles. The zero-order valence-corrected chi connectivity index (χ0v) is 17.0. The number of anilines is 1. The van der Waals surface area contributed by atoms with E-state index in [1.807, 2.05) is 12.1 Å². The summed E-state index contributed by atoms with van der Waals surface area (Å²) in [6, 6.07) is 14.0. The minimum Gasteiger partial charge on any atom is -0.334 e. The Labute approximate surface area is 170 Å². The summed E-state index contributed by atoms with van der Waals surface area (Å²) in [6.45, 7) is 0.645. The Morgan fingerprint density at radius 2 is 1.50 bits per heavy atom. The van der Waals surface area contributed by atoms with Crippen LogP contribution < -0.4 is 15.4 Å². The van der Waals surface area contributed by atoms with Gasteiger partial charge in [0.15, 0.2) is 0 Å². The molecular formula is C20H24ClN3O3S. The minimum absolute atomic E-state index is 0.252. The summed E-state index contributed by atoms with van der Waals surface area (Å²) < 4.78 is 27.2. The highest BCUT2D eigenvalue weighted by molar-refractivity contribution is 7.90. The second kappa shape index (κ2) is 9.41. The molecule has 2 aromatic carbocycles. The molecule has 0 unspecified atom stereocenters. The first-order valence-corrected chi connectivity index (χ1v) is 11.2. The largest absolute Gasteiger partial charge is 0.334 e. The molecule has 2 aromatic rings. The van der Waals surface area contributed by atoms with Crippen molar-refractivity contribution in [3.63, 3.8) is 0 Å². The fraction of sp³-hybridized carbons (Fsp3) is 0.350. The maximum atomic E-state index is 12.2. The van der Waals surface area contributed by atoms with E-state index in [-0.39, 0.29) is 17.8 Å². The summed E-state index contributed by atoms with van der Waals surface area (Å²) in [5.41, 5.74) is 2.43. The molecule has 0 aromatic heterocycles. The van der Waals surface area contributed by atoms with Crippen LogP contribution in [-0.4, -0.2) is 19.7 Å². The molecule has 0 spiro atoms. The van der Waals surface area contributed by atoms with E-state index < -0.39 is 10.0 Å². The van der Waals surface area contributed by atoms with Gasteiger partial charge in [-0.15, -0.1) is 0 Å². The summed E-state index contributed by atoms with van der Waals surface area (Å²) in [7, 11) is -3.26. The van der Waals surface area contributed by atoms with E-state index in [0.29, 0.717) is 17.3 Å². The van der Waals surface area contributed by atoms with Crippen molar-refractivity contribution in [3.05, 3.63) is 64.7 Å². The lowest BCUT2D eigenvalue weighted by Gasteiger charge is -2.13. The van der Waals surface area contributed by atoms with Gasteiger partial charge in [-0.1, -0.05) is 48.7 Å². The number of rotatable bonds is 7. The molecule has 8 heteroatoms. The Bertz CT molecular complexity index is 893. The van der Waals surface area contributed by atoms with Gasteiger partial charge in [0, 0.05) is 23.8 Å². The van der Waals surface area contributed by atoms with Gasteiger partial charge in [-0.05, 0) is 48.2 Å². The van der Waals surface area contributed by atoms with Crippen LogP contribution in [0, 0.1) is 0 Å². The number of halogens is 1. The highest BCUT2D eigenvalue weighted by Crippen LogP contribution is 2.24. The molecular weight excluding hydrogens is 398 g/mol. The van der Waals surface area contributed by atoms with Crippen LogP contribution in [0.25, 0.3) is 0 Å². The summed E-state index contributed by atoms with van der Waals surface area (Å²) in [5, 5.41) is 5.91. The summed E-state index contributed by atoms with van der Waals surface area (Å²) in [6.07, 6.45) is 3.44. The van der Waals surface area contributed by atoms with Gasteiger partial charge in [-0.2, -0.15) is 0 Å². The molecule has 1 aliphatic rings. The molecule has 0 saturated heterocycles. The van der Waals surface area contributed by atoms with Crippen LogP contribution in [0.2, 0.25) is 5.02 Å². The van der Waals surface area contributed by atoms with E-state index in [4.69, 9.17) is 11.6 Å². The van der Waals surface area contributed by atoms with Crippen LogP contribution in [0.15, 0.2) is 48.5 Å². The van der Waals surface area contributed by atoms with Gasteiger partial charge in [0.2, 0.25) is 10.0 Å². The van der Waals surface area contributed by atoms with Crippen molar-refractivity contribution in [1.29, 1.82) is 0 Å². The van der Waals surface area contributed by atoms with Crippen molar-refractivity contribution in [3.8, 4) is 0 Å². The Kier molecular flexibility index (Phi) is 6.93. The fourth-order valence-corrected chi connectivity index (χ4v) is 4.85. The molecule has 6 nitrogen and oxygen atoms in total. The predicted molar refractivity (Wildman–Crippen MR) is 112 cm³/mol. The van der Waals surface area contributed by atoms with E-state index in [2.05, 4.69) is 15.4 Å². The van der Waals surface area contributed by atoms with Gasteiger partial charge >= 0.3 is 6.03 Å². The molecule has 1 saturated carbocycles. The molecule has 0 radical (unpaired) electrons. The smallest absolute Gasteiger partial charge is 0.319 e. The van der Waals surface area contributed by atoms with Crippen LogP contribution in [-0.2, 0) is 23.1 Å². The van der Waals surface area contributed by atoms with Gasteiger partial charge < -0.3 is 10.6 Å². The number of carbonyl (C=O) groups excluding carboxylic acids is 1. The van der Waals surface area contributed by atoms with Gasteiger partial charge in [-0.3, -0.25) is 0 Å². The Morgan fingerprint density at radius 3 is 2.14 bits per heavy atom. The maximum Gasteiger partial charge on any atom is 0.319 e. The zero-order chi connectivity index (χ0) is 20.0. The van der Waals surface area contributed by atoms with E-state index in [9.17, 15) is 13.2 Å². The first-order chi connectivity index (χ1) is 13.4. The van der Waals surface area contributed by atoms with Crippen molar-refractivity contribution in [2.75, 3.05) is 5.32 Å². The zero-order valence-electron chi connectivity index (χ0n) is 15.4. The van der Waals surface area contributed by atoms with E-state index in [1.165, 1.54) is 0 Å². The molecule has 0 heterocycles. The van der Waals surface area contributed by atoms with Gasteiger partial charge in [-0.25, -0.2) is 17.9 Å². The number of nitrogens with one attached hydrogen (secondary N) is 3. The Balaban J connectivity index is 1.45. The third-order valence-electron chi connectivity index (χ3n) is 4.80. The molecule has 2 amide bonds. The number of sulfonamides is 1. The molecule has 150 valence electrons. The summed E-state index contributed by atoms with van der Waals surface area (Å²) >= 11 is 5.84. The molecule has 1 fully saturated rings. The normalized spacial score (nSPS) is 14.8. The SMILES string of the molecule is O=C(NCc1ccc(Cl)cc1)Nc1ccc(CNS(=O)(=O)C2CCCC2)cc1. The molecule has 0 bridgehead atoms. The lowest BCUT2D eigenvalue weighted by molar-refractivity contribution is 0.251. The molecule has 0 atom stereocenters. The van der Waals surface area contributed by atoms with Crippen LogP contribution in [0.3, 0.4) is 0 Å². The number of benzene rings is 2. The predicted octanol–water partition coefficient (Wildman–Crippen LogP) is 4.02. The van der Waals surface area contributed by atoms with Crippen LogP contribution in [0.1, 0.15) is 36.8 Å². The lowest BCUT2D eigenvalue weighted by Crippen LogP contribution is -2.32. The van der Waals surface area contributed by atoms with Gasteiger partial charge in [0.05, 0.1) is 5.25 Å². The van der Waals surface area contributed by atoms with Crippen molar-refractivity contribution in [2.45, 2.75) is 44.0 Å². The lowest BCUT2D eigenvalue weighted by atomic mass is 10.2. The first-order valence-electron chi connectivity index (χ1n) is 9.29. The van der Waals surface area contributed by atoms with E-state index in [0.717, 1.165) is 36.8 Å². The third kappa shape index (κ3) is 5.95. The third-order valence-corrected chi connectivity index (χ3v) is 6.94. The van der Waals surface area contributed by atoms with Crippen LogP contribution >= 0.6 is 11.6 Å². The van der Waals surface area contributed by atoms with Crippen molar-refractivity contribution in [2.24, 2.45) is 0 Å².